The summed E-state index contributed by atoms with van der Waals surface area (Å²) in [5, 5.41) is 7.28. The maximum absolute atomic E-state index is 4.53. The van der Waals surface area contributed by atoms with E-state index in [0.717, 1.165) is 11.5 Å². The number of aromatic nitrogens is 4. The van der Waals surface area contributed by atoms with Crippen LogP contribution in [-0.2, 0) is 0 Å². The molecule has 0 amide bonds. The zero-order valence-corrected chi connectivity index (χ0v) is 9.06. The highest BCUT2D eigenvalue weighted by molar-refractivity contribution is 5.47. The van der Waals surface area contributed by atoms with Gasteiger partial charge in [0, 0.05) is 12.1 Å². The lowest BCUT2D eigenvalue weighted by atomic mass is 10.1. The lowest BCUT2D eigenvalue weighted by Crippen LogP contribution is -1.94. The molecule has 0 aliphatic heterocycles. The summed E-state index contributed by atoms with van der Waals surface area (Å²) in [4.78, 5) is 8.78. The van der Waals surface area contributed by atoms with Crippen LogP contribution in [0.5, 0.6) is 0 Å². The number of hydrogen-bond donors (Lipinski definition) is 1. The third-order valence-electron chi connectivity index (χ3n) is 3.14. The summed E-state index contributed by atoms with van der Waals surface area (Å²) in [7, 11) is 0. The molecule has 1 saturated carbocycles. The molecule has 0 aromatic carbocycles. The molecule has 1 aliphatic rings. The van der Waals surface area contributed by atoms with Crippen LogP contribution in [0.25, 0.3) is 11.5 Å². The number of H-pyrrole nitrogens is 1. The molecule has 3 rings (SSSR count). The molecule has 0 radical (unpaired) electrons. The van der Waals surface area contributed by atoms with Crippen LogP contribution in [0.2, 0.25) is 0 Å². The summed E-state index contributed by atoms with van der Waals surface area (Å²) in [5.74, 6) is 2.31. The van der Waals surface area contributed by atoms with Gasteiger partial charge < -0.3 is 0 Å². The van der Waals surface area contributed by atoms with Crippen molar-refractivity contribution < 1.29 is 0 Å². The highest BCUT2D eigenvalue weighted by atomic mass is 15.2. The van der Waals surface area contributed by atoms with Crippen molar-refractivity contribution in [1.82, 2.24) is 20.2 Å². The van der Waals surface area contributed by atoms with Gasteiger partial charge >= 0.3 is 0 Å². The fourth-order valence-corrected chi connectivity index (χ4v) is 2.27. The van der Waals surface area contributed by atoms with E-state index in [9.17, 15) is 0 Å². The van der Waals surface area contributed by atoms with Crippen LogP contribution >= 0.6 is 0 Å². The average molecular weight is 214 g/mol. The van der Waals surface area contributed by atoms with Crippen LogP contribution in [0.1, 0.15) is 37.4 Å². The molecule has 4 nitrogen and oxygen atoms in total. The standard InChI is InChI=1S/C12H14N4/c1-2-6-9(5-1)11-14-12(16-15-11)10-7-3-4-8-13-10/h3-4,7-9H,1-2,5-6H2,(H,14,15,16). The van der Waals surface area contributed by atoms with Crippen molar-refractivity contribution in [3.05, 3.63) is 30.2 Å². The fourth-order valence-electron chi connectivity index (χ4n) is 2.27. The van der Waals surface area contributed by atoms with Gasteiger partial charge in [-0.15, -0.1) is 0 Å². The molecule has 1 N–H and O–H groups in total. The Kier molecular flexibility index (Phi) is 2.40. The van der Waals surface area contributed by atoms with Crippen LogP contribution in [0.4, 0.5) is 0 Å². The molecule has 2 aromatic rings. The Labute approximate surface area is 94.1 Å². The Morgan fingerprint density at radius 1 is 1.19 bits per heavy atom. The first-order valence-electron chi connectivity index (χ1n) is 5.77. The molecule has 2 heterocycles. The van der Waals surface area contributed by atoms with Crippen molar-refractivity contribution in [3.63, 3.8) is 0 Å². The quantitative estimate of drug-likeness (QED) is 0.835. The first-order valence-corrected chi connectivity index (χ1v) is 5.77. The SMILES string of the molecule is c1ccc(-c2n[nH]c(C3CCCC3)n2)nc1. The van der Waals surface area contributed by atoms with E-state index in [0.29, 0.717) is 11.7 Å². The molecule has 4 heteroatoms. The van der Waals surface area contributed by atoms with E-state index in [4.69, 9.17) is 0 Å². The first kappa shape index (κ1) is 9.51. The Balaban J connectivity index is 1.87. The Morgan fingerprint density at radius 2 is 2.06 bits per heavy atom. The maximum atomic E-state index is 4.53. The average Bonchev–Trinajstić information content (AvgIpc) is 3.01. The van der Waals surface area contributed by atoms with Crippen molar-refractivity contribution >= 4 is 0 Å². The van der Waals surface area contributed by atoms with Crippen LogP contribution in [0.3, 0.4) is 0 Å². The minimum absolute atomic E-state index is 0.574. The number of nitrogens with one attached hydrogen (secondary N) is 1. The molecular formula is C12H14N4. The Bertz CT molecular complexity index is 457. The summed E-state index contributed by atoms with van der Waals surface area (Å²) in [5.41, 5.74) is 0.836. The number of nitrogens with zero attached hydrogens (tertiary/aromatic N) is 3. The van der Waals surface area contributed by atoms with Gasteiger partial charge in [-0.05, 0) is 25.0 Å². The third kappa shape index (κ3) is 1.71. The normalized spacial score (nSPS) is 16.8. The maximum Gasteiger partial charge on any atom is 0.199 e. The van der Waals surface area contributed by atoms with Crippen molar-refractivity contribution in [3.8, 4) is 11.5 Å². The predicted octanol–water partition coefficient (Wildman–Crippen LogP) is 2.52. The molecule has 0 unspecified atom stereocenters. The van der Waals surface area contributed by atoms with E-state index < -0.39 is 0 Å². The summed E-state index contributed by atoms with van der Waals surface area (Å²) in [6.45, 7) is 0. The molecule has 1 fully saturated rings. The topological polar surface area (TPSA) is 54.5 Å². The number of aromatic amines is 1. The monoisotopic (exact) mass is 214 g/mol. The van der Waals surface area contributed by atoms with Gasteiger partial charge in [-0.3, -0.25) is 10.1 Å². The summed E-state index contributed by atoms with van der Waals surface area (Å²) >= 11 is 0. The van der Waals surface area contributed by atoms with Gasteiger partial charge in [0.05, 0.1) is 0 Å². The van der Waals surface area contributed by atoms with Crippen LogP contribution in [-0.4, -0.2) is 20.2 Å². The number of rotatable bonds is 2. The molecule has 82 valence electrons. The second-order valence-corrected chi connectivity index (χ2v) is 4.24. The molecule has 16 heavy (non-hydrogen) atoms. The fraction of sp³-hybridized carbons (Fsp3) is 0.417. The molecule has 0 spiro atoms. The molecule has 0 atom stereocenters. The van der Waals surface area contributed by atoms with Crippen LogP contribution in [0, 0.1) is 0 Å². The smallest absolute Gasteiger partial charge is 0.199 e. The van der Waals surface area contributed by atoms with Crippen LogP contribution < -0.4 is 0 Å². The second-order valence-electron chi connectivity index (χ2n) is 4.24. The number of hydrogen-bond acceptors (Lipinski definition) is 3. The summed E-state index contributed by atoms with van der Waals surface area (Å²) in [6, 6.07) is 5.78. The Hall–Kier alpha value is -1.71. The van der Waals surface area contributed by atoms with E-state index >= 15 is 0 Å². The lowest BCUT2D eigenvalue weighted by Gasteiger charge is -2.01. The van der Waals surface area contributed by atoms with Gasteiger partial charge in [-0.25, -0.2) is 4.98 Å². The lowest BCUT2D eigenvalue weighted by molar-refractivity contribution is 0.672. The van der Waals surface area contributed by atoms with E-state index in [2.05, 4.69) is 20.2 Å². The summed E-state index contributed by atoms with van der Waals surface area (Å²) in [6.07, 6.45) is 6.85. The third-order valence-corrected chi connectivity index (χ3v) is 3.14. The van der Waals surface area contributed by atoms with Crippen LogP contribution in [0.15, 0.2) is 24.4 Å². The largest absolute Gasteiger partial charge is 0.262 e. The molecule has 0 saturated heterocycles. The highest BCUT2D eigenvalue weighted by Crippen LogP contribution is 2.32. The van der Waals surface area contributed by atoms with E-state index in [1.807, 2.05) is 18.2 Å². The van der Waals surface area contributed by atoms with E-state index in [-0.39, 0.29) is 0 Å². The minimum atomic E-state index is 0.574. The molecule has 1 aliphatic carbocycles. The van der Waals surface area contributed by atoms with Gasteiger partial charge in [-0.1, -0.05) is 18.9 Å². The zero-order valence-electron chi connectivity index (χ0n) is 9.06. The Morgan fingerprint density at radius 3 is 2.81 bits per heavy atom. The van der Waals surface area contributed by atoms with Crippen molar-refractivity contribution in [1.29, 1.82) is 0 Å². The second kappa shape index (κ2) is 4.04. The first-order chi connectivity index (χ1) is 7.93. The van der Waals surface area contributed by atoms with E-state index in [1.165, 1.54) is 25.7 Å². The van der Waals surface area contributed by atoms with Gasteiger partial charge in [0.2, 0.25) is 0 Å². The van der Waals surface area contributed by atoms with Gasteiger partial charge in [0.25, 0.3) is 0 Å². The van der Waals surface area contributed by atoms with Crippen molar-refractivity contribution in [2.45, 2.75) is 31.6 Å². The number of pyridine rings is 1. The predicted molar refractivity (Wildman–Crippen MR) is 60.8 cm³/mol. The molecule has 2 aromatic heterocycles. The highest BCUT2D eigenvalue weighted by Gasteiger charge is 2.20. The molecular weight excluding hydrogens is 200 g/mol. The summed E-state index contributed by atoms with van der Waals surface area (Å²) < 4.78 is 0. The van der Waals surface area contributed by atoms with Crippen molar-refractivity contribution in [2.24, 2.45) is 0 Å². The zero-order chi connectivity index (χ0) is 10.8. The van der Waals surface area contributed by atoms with Gasteiger partial charge in [0.1, 0.15) is 11.5 Å². The van der Waals surface area contributed by atoms with Crippen molar-refractivity contribution in [2.75, 3.05) is 0 Å². The van der Waals surface area contributed by atoms with Gasteiger partial charge in [-0.2, -0.15) is 5.10 Å². The van der Waals surface area contributed by atoms with Gasteiger partial charge in [0.15, 0.2) is 5.82 Å². The minimum Gasteiger partial charge on any atom is -0.262 e. The van der Waals surface area contributed by atoms with E-state index in [1.54, 1.807) is 6.20 Å². The molecule has 0 bridgehead atoms.